The molecule has 0 unspecified atom stereocenters. The van der Waals surface area contributed by atoms with Gasteiger partial charge in [-0.05, 0) is 33.9 Å². The maximum Gasteiger partial charge on any atom is 0.0635 e. The fourth-order valence-electron chi connectivity index (χ4n) is 2.93. The summed E-state index contributed by atoms with van der Waals surface area (Å²) in [7, 11) is 0. The average molecular weight is 282 g/mol. The van der Waals surface area contributed by atoms with Crippen LogP contribution in [0, 0.1) is 5.92 Å². The predicted molar refractivity (Wildman–Crippen MR) is 92.8 cm³/mol. The van der Waals surface area contributed by atoms with Gasteiger partial charge in [0.25, 0.3) is 0 Å². The van der Waals surface area contributed by atoms with Crippen LogP contribution in [-0.4, -0.2) is 4.98 Å². The third-order valence-corrected chi connectivity index (χ3v) is 3.99. The highest BCUT2D eigenvalue weighted by atomic mass is 14.6. The third-order valence-electron chi connectivity index (χ3n) is 3.99. The van der Waals surface area contributed by atoms with Crippen LogP contribution in [0.4, 0.5) is 0 Å². The Balaban J connectivity index is 1.60. The van der Waals surface area contributed by atoms with E-state index in [1.165, 1.54) is 33.8 Å². The molecule has 0 aliphatic heterocycles. The molecule has 1 aromatic rings. The Kier molecular flexibility index (Phi) is 3.24. The van der Waals surface area contributed by atoms with E-state index in [-0.39, 0.29) is 0 Å². The Bertz CT molecular complexity index is 815. The van der Waals surface area contributed by atoms with Crippen molar-refractivity contribution in [1.29, 1.82) is 0 Å². The second kappa shape index (κ2) is 5.53. The Morgan fingerprint density at radius 2 is 1.64 bits per heavy atom. The standard InChI is InChI=1S/C21H16N/c1(5-16-13-14-22-15-16)2-6-17-11-12-19-8-3-7-18-9-4-10-20(17)21(18)19/h1-15,22H/b5-1+,6-2+. The molecule has 0 saturated carbocycles. The van der Waals surface area contributed by atoms with Crippen molar-refractivity contribution in [3.8, 4) is 0 Å². The minimum Gasteiger partial charge on any atom is -0.367 e. The normalized spacial score (nSPS) is 20.0. The lowest BCUT2D eigenvalue weighted by Crippen LogP contribution is -2.14. The molecule has 1 N–H and O–H groups in total. The van der Waals surface area contributed by atoms with Gasteiger partial charge in [-0.1, -0.05) is 72.9 Å². The summed E-state index contributed by atoms with van der Waals surface area (Å²) in [4.78, 5) is 3.05. The smallest absolute Gasteiger partial charge is 0.0635 e. The molecule has 3 aliphatic carbocycles. The first-order valence-electron chi connectivity index (χ1n) is 7.46. The van der Waals surface area contributed by atoms with Crippen molar-refractivity contribution in [2.75, 3.05) is 0 Å². The summed E-state index contributed by atoms with van der Waals surface area (Å²) in [6, 6.07) is 2.05. The molecule has 0 saturated heterocycles. The Morgan fingerprint density at radius 1 is 0.818 bits per heavy atom. The lowest BCUT2D eigenvalue weighted by Gasteiger charge is -2.30. The maximum atomic E-state index is 3.05. The number of H-pyrrole nitrogens is 1. The van der Waals surface area contributed by atoms with Crippen LogP contribution in [0.2, 0.25) is 0 Å². The van der Waals surface area contributed by atoms with Crippen LogP contribution in [0.25, 0.3) is 6.08 Å². The van der Waals surface area contributed by atoms with Gasteiger partial charge in [0.15, 0.2) is 0 Å². The monoisotopic (exact) mass is 282 g/mol. The molecular formula is C21H16N. The number of hydrogen-bond donors (Lipinski definition) is 1. The largest absolute Gasteiger partial charge is 0.367 e. The van der Waals surface area contributed by atoms with Crippen molar-refractivity contribution >= 4 is 6.08 Å². The highest BCUT2D eigenvalue weighted by molar-refractivity contribution is 5.75. The molecule has 22 heavy (non-hydrogen) atoms. The number of aromatic nitrogens is 1. The van der Waals surface area contributed by atoms with Crippen molar-refractivity contribution < 1.29 is 0 Å². The Hall–Kier alpha value is -2.80. The van der Waals surface area contributed by atoms with Crippen LogP contribution in [0.1, 0.15) is 5.56 Å². The van der Waals surface area contributed by atoms with Crippen molar-refractivity contribution in [2.45, 2.75) is 0 Å². The van der Waals surface area contributed by atoms with E-state index in [0.717, 1.165) is 0 Å². The van der Waals surface area contributed by atoms with Crippen molar-refractivity contribution in [3.63, 3.8) is 0 Å². The molecule has 105 valence electrons. The zero-order chi connectivity index (χ0) is 14.8. The van der Waals surface area contributed by atoms with E-state index in [2.05, 4.69) is 84.0 Å². The van der Waals surface area contributed by atoms with Crippen LogP contribution in [-0.2, 0) is 0 Å². The summed E-state index contributed by atoms with van der Waals surface area (Å²) in [6.45, 7) is 0. The molecule has 0 atom stereocenters. The summed E-state index contributed by atoms with van der Waals surface area (Å²) in [6.07, 6.45) is 29.7. The van der Waals surface area contributed by atoms with Gasteiger partial charge in [0.1, 0.15) is 0 Å². The molecule has 0 aromatic carbocycles. The molecule has 0 spiro atoms. The second-order valence-electron chi connectivity index (χ2n) is 5.40. The summed E-state index contributed by atoms with van der Waals surface area (Å²) in [5, 5.41) is 0. The highest BCUT2D eigenvalue weighted by Crippen LogP contribution is 2.43. The number of nitrogens with one attached hydrogen (secondary N) is 1. The zero-order valence-corrected chi connectivity index (χ0v) is 12.2. The number of aromatic amines is 1. The van der Waals surface area contributed by atoms with Crippen LogP contribution in [0.3, 0.4) is 0 Å². The van der Waals surface area contributed by atoms with E-state index in [0.29, 0.717) is 0 Å². The molecular weight excluding hydrogens is 266 g/mol. The first kappa shape index (κ1) is 12.9. The summed E-state index contributed by atoms with van der Waals surface area (Å²) in [5.41, 5.74) is 6.34. The summed E-state index contributed by atoms with van der Waals surface area (Å²) >= 11 is 0. The molecule has 4 rings (SSSR count). The van der Waals surface area contributed by atoms with Crippen LogP contribution in [0.15, 0.2) is 108 Å². The minimum atomic E-state index is 1.18. The Labute approximate surface area is 130 Å². The highest BCUT2D eigenvalue weighted by Gasteiger charge is 2.28. The fourth-order valence-corrected chi connectivity index (χ4v) is 2.93. The fraction of sp³-hybridized carbons (Fsp3) is 0. The predicted octanol–water partition coefficient (Wildman–Crippen LogP) is 5.02. The van der Waals surface area contributed by atoms with Gasteiger partial charge in [0, 0.05) is 12.4 Å². The van der Waals surface area contributed by atoms with E-state index in [1.54, 1.807) is 0 Å². The van der Waals surface area contributed by atoms with E-state index in [1.807, 2.05) is 12.4 Å². The average Bonchev–Trinajstić information content (AvgIpc) is 3.07. The minimum absolute atomic E-state index is 1.18. The van der Waals surface area contributed by atoms with Gasteiger partial charge in [-0.3, -0.25) is 0 Å². The SMILES string of the molecule is C1=CC2=CC=CC3=CC=C(/C=C/C=C/c4cc[nH]c4)C(=C1)[C]23. The number of allylic oxidation sites excluding steroid dienone is 15. The van der Waals surface area contributed by atoms with E-state index >= 15 is 0 Å². The lowest BCUT2D eigenvalue weighted by molar-refractivity contribution is 1.16. The van der Waals surface area contributed by atoms with Gasteiger partial charge in [-0.15, -0.1) is 0 Å². The van der Waals surface area contributed by atoms with E-state index < -0.39 is 0 Å². The quantitative estimate of drug-likeness (QED) is 0.749. The molecule has 0 fully saturated rings. The third kappa shape index (κ3) is 2.31. The first-order chi connectivity index (χ1) is 10.9. The summed E-state index contributed by atoms with van der Waals surface area (Å²) in [5.74, 6) is 1.35. The zero-order valence-electron chi connectivity index (χ0n) is 12.2. The van der Waals surface area contributed by atoms with Gasteiger partial charge in [-0.25, -0.2) is 0 Å². The van der Waals surface area contributed by atoms with Crippen molar-refractivity contribution in [1.82, 2.24) is 4.98 Å². The van der Waals surface area contributed by atoms with E-state index in [4.69, 9.17) is 0 Å². The lowest BCUT2D eigenvalue weighted by atomic mass is 9.73. The molecule has 0 amide bonds. The van der Waals surface area contributed by atoms with Crippen molar-refractivity contribution in [3.05, 3.63) is 119 Å². The molecule has 1 heterocycles. The molecule has 1 aromatic heterocycles. The molecule has 1 radical (unpaired) electrons. The summed E-state index contributed by atoms with van der Waals surface area (Å²) < 4.78 is 0. The molecule has 0 bridgehead atoms. The number of rotatable bonds is 3. The van der Waals surface area contributed by atoms with Gasteiger partial charge < -0.3 is 4.98 Å². The molecule has 3 aliphatic rings. The second-order valence-corrected chi connectivity index (χ2v) is 5.40. The maximum absolute atomic E-state index is 3.05. The van der Waals surface area contributed by atoms with Crippen LogP contribution >= 0.6 is 0 Å². The Morgan fingerprint density at radius 3 is 2.50 bits per heavy atom. The topological polar surface area (TPSA) is 15.8 Å². The molecule has 1 nitrogen and oxygen atoms in total. The van der Waals surface area contributed by atoms with Gasteiger partial charge in [0.2, 0.25) is 0 Å². The first-order valence-corrected chi connectivity index (χ1v) is 7.46. The van der Waals surface area contributed by atoms with Gasteiger partial charge >= 0.3 is 0 Å². The van der Waals surface area contributed by atoms with Gasteiger partial charge in [0.05, 0.1) is 5.92 Å². The van der Waals surface area contributed by atoms with Gasteiger partial charge in [-0.2, -0.15) is 0 Å². The van der Waals surface area contributed by atoms with Crippen molar-refractivity contribution in [2.24, 2.45) is 0 Å². The van der Waals surface area contributed by atoms with E-state index in [9.17, 15) is 0 Å². The molecule has 1 heteroatoms. The van der Waals surface area contributed by atoms with Crippen LogP contribution < -0.4 is 0 Å². The van der Waals surface area contributed by atoms with Crippen LogP contribution in [0.5, 0.6) is 0 Å². The number of hydrogen-bond acceptors (Lipinski definition) is 0.